The standard InChI is InChI=1S/C13H23N3O6.C10H21BO2/c1-13(2,3)22-12(21)16-9(6-17)10(18)15-7-4-8(11(19)20)14-5-7;1-6-7-8-11-12-9(2,3)10(4,5)13-11/h7-9,14,17H,4-6H2,1-3H3,(H,15,18)(H,16,21)(H,19,20);6-8H2,1-5H3. The number of aliphatic hydroxyl groups excluding tert-OH is 1. The molecule has 0 aromatic carbocycles. The summed E-state index contributed by atoms with van der Waals surface area (Å²) in [4.78, 5) is 34.4. The Morgan fingerprint density at radius 2 is 1.74 bits per heavy atom. The summed E-state index contributed by atoms with van der Waals surface area (Å²) in [6.45, 7) is 15.3. The van der Waals surface area contributed by atoms with E-state index in [9.17, 15) is 19.5 Å². The summed E-state index contributed by atoms with van der Waals surface area (Å²) in [5.74, 6) is -1.58. The lowest BCUT2D eigenvalue weighted by Gasteiger charge is -2.32. The van der Waals surface area contributed by atoms with Gasteiger partial charge < -0.3 is 40.2 Å². The van der Waals surface area contributed by atoms with Gasteiger partial charge in [0.1, 0.15) is 17.7 Å². The van der Waals surface area contributed by atoms with E-state index in [1.54, 1.807) is 20.8 Å². The van der Waals surface area contributed by atoms with Crippen molar-refractivity contribution in [3.8, 4) is 0 Å². The van der Waals surface area contributed by atoms with E-state index in [4.69, 9.17) is 19.2 Å². The Morgan fingerprint density at radius 3 is 2.17 bits per heavy atom. The molecule has 35 heavy (non-hydrogen) atoms. The van der Waals surface area contributed by atoms with Gasteiger partial charge in [-0.1, -0.05) is 19.8 Å². The molecule has 2 aliphatic heterocycles. The van der Waals surface area contributed by atoms with Gasteiger partial charge in [-0.3, -0.25) is 9.59 Å². The van der Waals surface area contributed by atoms with Crippen molar-refractivity contribution in [1.29, 1.82) is 0 Å². The Bertz CT molecular complexity index is 710. The number of nitrogens with one attached hydrogen (secondary N) is 3. The summed E-state index contributed by atoms with van der Waals surface area (Å²) >= 11 is 0. The van der Waals surface area contributed by atoms with Crippen LogP contribution in [0, 0.1) is 0 Å². The molecule has 2 aliphatic rings. The van der Waals surface area contributed by atoms with Gasteiger partial charge in [-0.05, 0) is 61.2 Å². The van der Waals surface area contributed by atoms with Crippen LogP contribution in [0.3, 0.4) is 0 Å². The summed E-state index contributed by atoms with van der Waals surface area (Å²) in [6.07, 6.45) is 2.82. The van der Waals surface area contributed by atoms with Gasteiger partial charge >= 0.3 is 19.2 Å². The van der Waals surface area contributed by atoms with Crippen LogP contribution in [-0.4, -0.2) is 83.4 Å². The van der Waals surface area contributed by atoms with Gasteiger partial charge in [0.05, 0.1) is 17.8 Å². The zero-order chi connectivity index (χ0) is 27.0. The molecule has 2 heterocycles. The molecule has 2 rings (SSSR count). The molecular weight excluding hydrogens is 457 g/mol. The minimum atomic E-state index is -1.15. The second kappa shape index (κ2) is 12.9. The molecule has 3 atom stereocenters. The molecule has 2 saturated heterocycles. The Kier molecular flexibility index (Phi) is 11.5. The predicted molar refractivity (Wildman–Crippen MR) is 132 cm³/mol. The van der Waals surface area contributed by atoms with E-state index in [0.29, 0.717) is 6.54 Å². The average molecular weight is 501 g/mol. The summed E-state index contributed by atoms with van der Waals surface area (Å²) in [7, 11) is 0.00458. The Balaban J connectivity index is 0.000000400. The predicted octanol–water partition coefficient (Wildman–Crippen LogP) is 1.68. The van der Waals surface area contributed by atoms with E-state index in [0.717, 1.165) is 6.32 Å². The first kappa shape index (κ1) is 31.1. The number of carbonyl (C=O) groups excluding carboxylic acids is 2. The van der Waals surface area contributed by atoms with Gasteiger partial charge in [0, 0.05) is 12.6 Å². The molecule has 0 radical (unpaired) electrons. The zero-order valence-electron chi connectivity index (χ0n) is 22.4. The minimum Gasteiger partial charge on any atom is -0.480 e. The molecule has 0 spiro atoms. The lowest BCUT2D eigenvalue weighted by Crippen LogP contribution is -2.52. The fraction of sp³-hybridized carbons (Fsp3) is 0.870. The summed E-state index contributed by atoms with van der Waals surface area (Å²) in [5, 5.41) is 25.7. The Morgan fingerprint density at radius 1 is 1.17 bits per heavy atom. The molecule has 2 amide bonds. The molecule has 5 N–H and O–H groups in total. The van der Waals surface area contributed by atoms with Gasteiger partial charge in [-0.15, -0.1) is 0 Å². The fourth-order valence-corrected chi connectivity index (χ4v) is 3.43. The highest BCUT2D eigenvalue weighted by Gasteiger charge is 2.50. The molecular formula is C23H44BN3O8. The summed E-state index contributed by atoms with van der Waals surface area (Å²) < 4.78 is 16.7. The molecule has 0 aliphatic carbocycles. The van der Waals surface area contributed by atoms with Crippen molar-refractivity contribution >= 4 is 25.1 Å². The number of amides is 2. The number of aliphatic hydroxyl groups is 1. The number of hydrogen-bond donors (Lipinski definition) is 5. The lowest BCUT2D eigenvalue weighted by molar-refractivity contribution is -0.139. The number of unbranched alkanes of at least 4 members (excludes halogenated alkanes) is 1. The van der Waals surface area contributed by atoms with E-state index in [2.05, 4.69) is 50.6 Å². The van der Waals surface area contributed by atoms with E-state index >= 15 is 0 Å². The van der Waals surface area contributed by atoms with E-state index in [1.165, 1.54) is 12.8 Å². The van der Waals surface area contributed by atoms with Crippen LogP contribution >= 0.6 is 0 Å². The van der Waals surface area contributed by atoms with Crippen LogP contribution in [0.4, 0.5) is 4.79 Å². The summed E-state index contributed by atoms with van der Waals surface area (Å²) in [5.41, 5.74) is -1.04. The van der Waals surface area contributed by atoms with Crippen molar-refractivity contribution in [2.75, 3.05) is 13.2 Å². The lowest BCUT2D eigenvalue weighted by atomic mass is 9.82. The molecule has 2 fully saturated rings. The Labute approximate surface area is 209 Å². The number of carboxylic acids is 1. The third kappa shape index (κ3) is 10.3. The number of rotatable bonds is 8. The molecule has 3 unspecified atom stereocenters. The quantitative estimate of drug-likeness (QED) is 0.312. The first-order valence-corrected chi connectivity index (χ1v) is 12.2. The monoisotopic (exact) mass is 501 g/mol. The SMILES string of the molecule is CC(C)(C)OC(=O)NC(CO)C(=O)NC1CNC(C(=O)O)C1.CCCCB1OC(C)(C)C(C)(C)O1. The van der Waals surface area contributed by atoms with E-state index in [1.807, 2.05) is 0 Å². The van der Waals surface area contributed by atoms with Crippen LogP contribution in [0.2, 0.25) is 6.32 Å². The highest BCUT2D eigenvalue weighted by molar-refractivity contribution is 6.45. The van der Waals surface area contributed by atoms with Gasteiger partial charge in [0.15, 0.2) is 0 Å². The number of ether oxygens (including phenoxy) is 1. The highest BCUT2D eigenvalue weighted by atomic mass is 16.7. The van der Waals surface area contributed by atoms with Crippen molar-refractivity contribution < 1.29 is 38.6 Å². The third-order valence-electron chi connectivity index (χ3n) is 6.06. The van der Waals surface area contributed by atoms with Crippen molar-refractivity contribution in [3.05, 3.63) is 0 Å². The molecule has 12 heteroatoms. The second-order valence-corrected chi connectivity index (χ2v) is 10.9. The number of hydrogen-bond acceptors (Lipinski definition) is 8. The van der Waals surface area contributed by atoms with Crippen molar-refractivity contribution in [2.45, 2.75) is 116 Å². The van der Waals surface area contributed by atoms with E-state index in [-0.39, 0.29) is 30.8 Å². The maximum atomic E-state index is 12.0. The van der Waals surface area contributed by atoms with Crippen molar-refractivity contribution in [1.82, 2.24) is 16.0 Å². The number of carboxylic acid groups (broad SMARTS) is 1. The molecule has 0 aromatic rings. The normalized spacial score (nSPS) is 23.6. The summed E-state index contributed by atoms with van der Waals surface area (Å²) in [6, 6.07) is -2.24. The third-order valence-corrected chi connectivity index (χ3v) is 6.06. The van der Waals surface area contributed by atoms with Crippen LogP contribution in [0.15, 0.2) is 0 Å². The maximum Gasteiger partial charge on any atom is 0.457 e. The Hall–Kier alpha value is -1.89. The second-order valence-electron chi connectivity index (χ2n) is 10.9. The highest BCUT2D eigenvalue weighted by Crippen LogP contribution is 2.37. The fourth-order valence-electron chi connectivity index (χ4n) is 3.43. The van der Waals surface area contributed by atoms with Crippen LogP contribution < -0.4 is 16.0 Å². The first-order valence-electron chi connectivity index (χ1n) is 12.2. The van der Waals surface area contributed by atoms with Gasteiger partial charge in [-0.2, -0.15) is 0 Å². The van der Waals surface area contributed by atoms with Gasteiger partial charge in [0.2, 0.25) is 5.91 Å². The number of aliphatic carboxylic acids is 1. The van der Waals surface area contributed by atoms with E-state index < -0.39 is 42.3 Å². The van der Waals surface area contributed by atoms with Crippen LogP contribution in [0.5, 0.6) is 0 Å². The molecule has 0 aromatic heterocycles. The molecule has 0 saturated carbocycles. The minimum absolute atomic E-state index is 0.00458. The average Bonchev–Trinajstić information content (AvgIpc) is 3.25. The smallest absolute Gasteiger partial charge is 0.457 e. The molecule has 11 nitrogen and oxygen atoms in total. The first-order chi connectivity index (χ1) is 16.0. The maximum absolute atomic E-state index is 12.0. The van der Waals surface area contributed by atoms with Gasteiger partial charge in [0.25, 0.3) is 0 Å². The largest absolute Gasteiger partial charge is 0.480 e. The molecule has 0 bridgehead atoms. The van der Waals surface area contributed by atoms with Crippen molar-refractivity contribution in [3.63, 3.8) is 0 Å². The van der Waals surface area contributed by atoms with Crippen LogP contribution in [0.25, 0.3) is 0 Å². The zero-order valence-corrected chi connectivity index (χ0v) is 22.4. The topological polar surface area (TPSA) is 155 Å². The number of carbonyl (C=O) groups is 3. The molecule has 202 valence electrons. The van der Waals surface area contributed by atoms with Crippen molar-refractivity contribution in [2.24, 2.45) is 0 Å². The van der Waals surface area contributed by atoms with Crippen LogP contribution in [0.1, 0.15) is 74.7 Å². The van der Waals surface area contributed by atoms with Crippen LogP contribution in [-0.2, 0) is 23.6 Å². The number of alkyl carbamates (subject to hydrolysis) is 1. The van der Waals surface area contributed by atoms with Gasteiger partial charge in [-0.25, -0.2) is 4.79 Å².